The van der Waals surface area contributed by atoms with Crippen molar-refractivity contribution in [2.75, 3.05) is 6.61 Å². The van der Waals surface area contributed by atoms with Crippen LogP contribution in [0.2, 0.25) is 0 Å². The van der Waals surface area contributed by atoms with Gasteiger partial charge in [-0.25, -0.2) is 4.79 Å². The quantitative estimate of drug-likeness (QED) is 0.606. The van der Waals surface area contributed by atoms with Crippen LogP contribution in [-0.2, 0) is 4.74 Å². The molecule has 19 heavy (non-hydrogen) atoms. The summed E-state index contributed by atoms with van der Waals surface area (Å²) < 4.78 is 41.9. The Balaban J connectivity index is 3.31. The van der Waals surface area contributed by atoms with Crippen molar-refractivity contribution in [3.63, 3.8) is 0 Å². The largest absolute Gasteiger partial charge is 0.462 e. The van der Waals surface area contributed by atoms with Crippen LogP contribution in [0.5, 0.6) is 0 Å². The number of nitriles is 1. The second-order valence-corrected chi connectivity index (χ2v) is 5.05. The lowest BCUT2D eigenvalue weighted by atomic mass is 10.1. The molecule has 0 unspecified atom stereocenters. The molecule has 0 saturated carbocycles. The van der Waals surface area contributed by atoms with Gasteiger partial charge in [-0.15, -0.1) is 0 Å². The Bertz CT molecular complexity index is 540. The fourth-order valence-corrected chi connectivity index (χ4v) is 2.63. The van der Waals surface area contributed by atoms with E-state index >= 15 is 0 Å². The van der Waals surface area contributed by atoms with E-state index in [9.17, 15) is 18.0 Å². The zero-order valence-corrected chi connectivity index (χ0v) is 11.9. The summed E-state index contributed by atoms with van der Waals surface area (Å²) in [6.07, 6.45) is 0. The third kappa shape index (κ3) is 4.14. The average Bonchev–Trinajstić information content (AvgIpc) is 2.30. The van der Waals surface area contributed by atoms with E-state index in [1.807, 2.05) is 0 Å². The lowest BCUT2D eigenvalue weighted by molar-refractivity contribution is -0.0328. The zero-order chi connectivity index (χ0) is 14.6. The number of esters is 1. The van der Waals surface area contributed by atoms with Gasteiger partial charge >= 0.3 is 11.5 Å². The number of carbonyl (C=O) groups is 1. The summed E-state index contributed by atoms with van der Waals surface area (Å²) in [5.74, 6) is -0.747. The average molecular weight is 354 g/mol. The van der Waals surface area contributed by atoms with E-state index in [-0.39, 0.29) is 27.1 Å². The van der Waals surface area contributed by atoms with E-state index in [4.69, 9.17) is 10.00 Å². The molecule has 0 aromatic heterocycles. The summed E-state index contributed by atoms with van der Waals surface area (Å²) in [5.41, 5.74) is -4.77. The zero-order valence-electron chi connectivity index (χ0n) is 9.55. The topological polar surface area (TPSA) is 50.1 Å². The fourth-order valence-electron chi connectivity index (χ4n) is 1.23. The third-order valence-corrected chi connectivity index (χ3v) is 3.88. The first-order valence-electron chi connectivity index (χ1n) is 4.95. The maximum atomic E-state index is 12.4. The van der Waals surface area contributed by atoms with Crippen molar-refractivity contribution >= 4 is 33.7 Å². The van der Waals surface area contributed by atoms with Crippen LogP contribution < -0.4 is 0 Å². The normalized spacial score (nSPS) is 10.9. The number of nitrogens with zero attached hydrogens (tertiary/aromatic N) is 1. The Hall–Kier alpha value is -1.20. The molecule has 0 fully saturated rings. The van der Waals surface area contributed by atoms with Crippen LogP contribution in [0.15, 0.2) is 21.5 Å². The lowest BCUT2D eigenvalue weighted by Crippen LogP contribution is -2.08. The number of thioether (sulfide) groups is 1. The summed E-state index contributed by atoms with van der Waals surface area (Å²) in [6.45, 7) is 1.69. The molecule has 3 nitrogen and oxygen atoms in total. The monoisotopic (exact) mass is 353 g/mol. The Labute approximate surface area is 119 Å². The summed E-state index contributed by atoms with van der Waals surface area (Å²) in [4.78, 5) is 11.2. The van der Waals surface area contributed by atoms with E-state index in [2.05, 4.69) is 15.9 Å². The summed E-state index contributed by atoms with van der Waals surface area (Å²) in [7, 11) is 0. The highest BCUT2D eigenvalue weighted by atomic mass is 79.9. The number of benzene rings is 1. The van der Waals surface area contributed by atoms with Crippen LogP contribution in [0.1, 0.15) is 22.8 Å². The van der Waals surface area contributed by atoms with Crippen molar-refractivity contribution in [1.29, 1.82) is 5.26 Å². The predicted octanol–water partition coefficient (Wildman–Crippen LogP) is 4.11. The maximum Gasteiger partial charge on any atom is 0.446 e. The SMILES string of the molecule is CCOC(=O)c1ccc(C#N)c(SC(F)(F)F)c1Br. The van der Waals surface area contributed by atoms with Gasteiger partial charge in [0.25, 0.3) is 0 Å². The second-order valence-electron chi connectivity index (χ2n) is 3.18. The van der Waals surface area contributed by atoms with Crippen molar-refractivity contribution in [2.24, 2.45) is 0 Å². The van der Waals surface area contributed by atoms with Crippen molar-refractivity contribution < 1.29 is 22.7 Å². The fraction of sp³-hybridized carbons (Fsp3) is 0.273. The van der Waals surface area contributed by atoms with Gasteiger partial charge in [0.1, 0.15) is 6.07 Å². The molecule has 0 saturated heterocycles. The molecule has 0 aliphatic carbocycles. The van der Waals surface area contributed by atoms with E-state index in [0.717, 1.165) is 6.07 Å². The van der Waals surface area contributed by atoms with Crippen molar-refractivity contribution in [3.8, 4) is 6.07 Å². The van der Waals surface area contributed by atoms with Gasteiger partial charge in [-0.2, -0.15) is 18.4 Å². The van der Waals surface area contributed by atoms with Crippen LogP contribution in [0.3, 0.4) is 0 Å². The molecule has 1 aromatic rings. The molecule has 1 rings (SSSR count). The number of halogens is 4. The van der Waals surface area contributed by atoms with Crippen LogP contribution in [-0.4, -0.2) is 18.1 Å². The van der Waals surface area contributed by atoms with E-state index in [1.54, 1.807) is 13.0 Å². The van der Waals surface area contributed by atoms with Crippen molar-refractivity contribution in [1.82, 2.24) is 0 Å². The molecule has 0 N–H and O–H groups in total. The lowest BCUT2D eigenvalue weighted by Gasteiger charge is -2.12. The highest BCUT2D eigenvalue weighted by Crippen LogP contribution is 2.43. The highest BCUT2D eigenvalue weighted by Gasteiger charge is 2.33. The minimum atomic E-state index is -4.55. The summed E-state index contributed by atoms with van der Waals surface area (Å²) in [6, 6.07) is 4.06. The van der Waals surface area contributed by atoms with Gasteiger partial charge in [0.15, 0.2) is 0 Å². The molecule has 0 aliphatic heterocycles. The first kappa shape index (κ1) is 15.9. The van der Waals surface area contributed by atoms with Crippen LogP contribution >= 0.6 is 27.7 Å². The standard InChI is InChI=1S/C11H7BrF3NO2S/c1-2-18-10(17)7-4-3-6(5-16)9(8(7)12)19-11(13,14)15/h3-4H,2H2,1H3. The Kier molecular flexibility index (Phi) is 5.26. The smallest absolute Gasteiger partial charge is 0.446 e. The number of rotatable bonds is 3. The predicted molar refractivity (Wildman–Crippen MR) is 66.7 cm³/mol. The first-order valence-corrected chi connectivity index (χ1v) is 6.56. The molecule has 0 spiro atoms. The molecule has 0 amide bonds. The number of ether oxygens (including phenoxy) is 1. The van der Waals surface area contributed by atoms with Crippen molar-refractivity contribution in [2.45, 2.75) is 17.3 Å². The molecular weight excluding hydrogens is 347 g/mol. The molecule has 0 aliphatic rings. The van der Waals surface area contributed by atoms with Gasteiger partial charge in [-0.1, -0.05) is 0 Å². The van der Waals surface area contributed by atoms with Gasteiger partial charge in [0.05, 0.1) is 17.7 Å². The molecule has 8 heteroatoms. The molecule has 0 atom stereocenters. The molecular formula is C11H7BrF3NO2S. The van der Waals surface area contributed by atoms with E-state index in [1.165, 1.54) is 6.07 Å². The van der Waals surface area contributed by atoms with Gasteiger partial charge in [0, 0.05) is 9.37 Å². The van der Waals surface area contributed by atoms with Crippen molar-refractivity contribution in [3.05, 3.63) is 27.7 Å². The number of carbonyl (C=O) groups excluding carboxylic acids is 1. The minimum Gasteiger partial charge on any atom is -0.462 e. The Morgan fingerprint density at radius 1 is 1.53 bits per heavy atom. The van der Waals surface area contributed by atoms with Gasteiger partial charge < -0.3 is 4.74 Å². The van der Waals surface area contributed by atoms with E-state index in [0.29, 0.717) is 0 Å². The second kappa shape index (κ2) is 6.30. The van der Waals surface area contributed by atoms with E-state index < -0.39 is 23.2 Å². The van der Waals surface area contributed by atoms with Crippen LogP contribution in [0, 0.1) is 11.3 Å². The maximum absolute atomic E-state index is 12.4. The highest BCUT2D eigenvalue weighted by molar-refractivity contribution is 9.10. The molecule has 0 radical (unpaired) electrons. The summed E-state index contributed by atoms with van der Waals surface area (Å²) in [5, 5.41) is 8.80. The van der Waals surface area contributed by atoms with Gasteiger partial charge in [0.2, 0.25) is 0 Å². The number of hydrogen-bond acceptors (Lipinski definition) is 4. The van der Waals surface area contributed by atoms with Gasteiger partial charge in [-0.05, 0) is 46.7 Å². The Morgan fingerprint density at radius 2 is 2.16 bits per heavy atom. The first-order chi connectivity index (χ1) is 8.80. The van der Waals surface area contributed by atoms with Gasteiger partial charge in [-0.3, -0.25) is 0 Å². The number of hydrogen-bond donors (Lipinski definition) is 0. The molecule has 1 aromatic carbocycles. The van der Waals surface area contributed by atoms with Crippen LogP contribution in [0.25, 0.3) is 0 Å². The molecule has 102 valence electrons. The minimum absolute atomic E-state index is 0.0485. The summed E-state index contributed by atoms with van der Waals surface area (Å²) >= 11 is 2.47. The Morgan fingerprint density at radius 3 is 2.63 bits per heavy atom. The third-order valence-electron chi connectivity index (χ3n) is 1.93. The number of alkyl halides is 3. The van der Waals surface area contributed by atoms with Crippen LogP contribution in [0.4, 0.5) is 13.2 Å². The molecule has 0 heterocycles. The molecule has 0 bridgehead atoms.